The van der Waals surface area contributed by atoms with E-state index in [0.717, 1.165) is 4.90 Å². The van der Waals surface area contributed by atoms with Crippen molar-refractivity contribution in [3.05, 3.63) is 89.4 Å². The number of para-hydroxylation sites is 1. The Morgan fingerprint density at radius 3 is 2.41 bits per heavy atom. The van der Waals surface area contributed by atoms with Crippen molar-refractivity contribution in [2.45, 2.75) is 32.9 Å². The first-order valence-corrected chi connectivity index (χ1v) is 11.1. The van der Waals surface area contributed by atoms with Gasteiger partial charge < -0.3 is 14.6 Å². The van der Waals surface area contributed by atoms with Gasteiger partial charge in [0.15, 0.2) is 0 Å². The van der Waals surface area contributed by atoms with Crippen LogP contribution in [0.3, 0.4) is 0 Å². The highest BCUT2D eigenvalue weighted by molar-refractivity contribution is 6.22. The van der Waals surface area contributed by atoms with Gasteiger partial charge in [-0.3, -0.25) is 24.1 Å². The topological polar surface area (TPSA) is 99.9 Å². The minimum Gasteiger partial charge on any atom is -0.467 e. The average molecular weight is 460 g/mol. The van der Waals surface area contributed by atoms with Gasteiger partial charge in [-0.15, -0.1) is 0 Å². The number of benzene rings is 2. The Kier molecular flexibility index (Phi) is 6.58. The summed E-state index contributed by atoms with van der Waals surface area (Å²) in [4.78, 5) is 54.4. The molecule has 8 nitrogen and oxygen atoms in total. The van der Waals surface area contributed by atoms with E-state index in [4.69, 9.17) is 4.42 Å². The van der Waals surface area contributed by atoms with Crippen molar-refractivity contribution in [3.63, 3.8) is 0 Å². The van der Waals surface area contributed by atoms with Crippen LogP contribution in [0, 0.1) is 0 Å². The smallest absolute Gasteiger partial charge is 0.261 e. The third kappa shape index (κ3) is 4.47. The summed E-state index contributed by atoms with van der Waals surface area (Å²) in [5.41, 5.74) is 1.29. The molecule has 34 heavy (non-hydrogen) atoms. The summed E-state index contributed by atoms with van der Waals surface area (Å²) < 4.78 is 5.26. The standard InChI is InChI=1S/C26H25N3O5/c1-3-13-28(17(2)23(30)27-19-8-5-4-6-9-19)24(31)18-11-12-21-22(15-18)26(33)29(25(21)32)16-20-10-7-14-34-20/h4-12,14-15,17H,3,13,16H2,1-2H3,(H,27,30). The normalized spacial score (nSPS) is 13.5. The van der Waals surface area contributed by atoms with Crippen LogP contribution in [0.4, 0.5) is 5.69 Å². The van der Waals surface area contributed by atoms with Gasteiger partial charge in [0.1, 0.15) is 11.8 Å². The Labute approximate surface area is 197 Å². The highest BCUT2D eigenvalue weighted by Gasteiger charge is 2.37. The number of anilines is 1. The van der Waals surface area contributed by atoms with Crippen LogP contribution in [0.5, 0.6) is 0 Å². The van der Waals surface area contributed by atoms with Crippen LogP contribution in [-0.4, -0.2) is 46.0 Å². The predicted molar refractivity (Wildman–Crippen MR) is 125 cm³/mol. The Morgan fingerprint density at radius 1 is 1.00 bits per heavy atom. The Hall–Kier alpha value is -4.20. The maximum Gasteiger partial charge on any atom is 0.261 e. The second-order valence-electron chi connectivity index (χ2n) is 8.07. The molecule has 0 saturated carbocycles. The Bertz CT molecular complexity index is 1220. The fraction of sp³-hybridized carbons (Fsp3) is 0.231. The fourth-order valence-electron chi connectivity index (χ4n) is 3.91. The van der Waals surface area contributed by atoms with E-state index >= 15 is 0 Å². The largest absolute Gasteiger partial charge is 0.467 e. The second-order valence-corrected chi connectivity index (χ2v) is 8.07. The summed E-state index contributed by atoms with van der Waals surface area (Å²) in [5, 5.41) is 2.82. The maximum atomic E-state index is 13.4. The number of rotatable bonds is 8. The lowest BCUT2D eigenvalue weighted by Crippen LogP contribution is -2.46. The van der Waals surface area contributed by atoms with Crippen molar-refractivity contribution in [2.75, 3.05) is 11.9 Å². The number of carbonyl (C=O) groups excluding carboxylic acids is 4. The van der Waals surface area contributed by atoms with Crippen molar-refractivity contribution < 1.29 is 23.6 Å². The summed E-state index contributed by atoms with van der Waals surface area (Å²) in [6.07, 6.45) is 2.12. The molecule has 0 fully saturated rings. The molecule has 1 aliphatic heterocycles. The van der Waals surface area contributed by atoms with Crippen LogP contribution in [0.25, 0.3) is 0 Å². The maximum absolute atomic E-state index is 13.4. The summed E-state index contributed by atoms with van der Waals surface area (Å²) in [6, 6.07) is 16.1. The van der Waals surface area contributed by atoms with Gasteiger partial charge in [-0.25, -0.2) is 0 Å². The van der Waals surface area contributed by atoms with Gasteiger partial charge in [-0.1, -0.05) is 25.1 Å². The van der Waals surface area contributed by atoms with E-state index in [9.17, 15) is 19.2 Å². The fourth-order valence-corrected chi connectivity index (χ4v) is 3.91. The van der Waals surface area contributed by atoms with Gasteiger partial charge in [0.05, 0.1) is 23.9 Å². The summed E-state index contributed by atoms with van der Waals surface area (Å²) >= 11 is 0. The quantitative estimate of drug-likeness (QED) is 0.514. The number of amides is 4. The van der Waals surface area contributed by atoms with E-state index in [-0.39, 0.29) is 35.0 Å². The lowest BCUT2D eigenvalue weighted by molar-refractivity contribution is -0.120. The first kappa shape index (κ1) is 23.0. The Balaban J connectivity index is 1.55. The first-order chi connectivity index (χ1) is 16.4. The van der Waals surface area contributed by atoms with E-state index in [1.165, 1.54) is 29.4 Å². The van der Waals surface area contributed by atoms with Gasteiger partial charge in [0.25, 0.3) is 17.7 Å². The zero-order chi connectivity index (χ0) is 24.2. The van der Waals surface area contributed by atoms with Gasteiger partial charge in [0, 0.05) is 17.8 Å². The molecule has 4 amide bonds. The van der Waals surface area contributed by atoms with Crippen LogP contribution in [0.2, 0.25) is 0 Å². The molecule has 0 spiro atoms. The number of furan rings is 1. The number of nitrogens with zero attached hydrogens (tertiary/aromatic N) is 2. The molecule has 4 rings (SSSR count). The van der Waals surface area contributed by atoms with Crippen molar-refractivity contribution in [3.8, 4) is 0 Å². The molecule has 1 atom stereocenters. The molecule has 1 N–H and O–H groups in total. The number of imide groups is 1. The molecule has 0 saturated heterocycles. The van der Waals surface area contributed by atoms with Crippen molar-refractivity contribution in [1.82, 2.24) is 9.80 Å². The molecule has 0 bridgehead atoms. The molecular formula is C26H25N3O5. The number of hydrogen-bond donors (Lipinski definition) is 1. The highest BCUT2D eigenvalue weighted by atomic mass is 16.3. The van der Waals surface area contributed by atoms with Crippen LogP contribution in [0.1, 0.15) is 57.1 Å². The van der Waals surface area contributed by atoms with Gasteiger partial charge in [-0.05, 0) is 55.8 Å². The molecule has 1 aromatic heterocycles. The van der Waals surface area contributed by atoms with Crippen LogP contribution >= 0.6 is 0 Å². The second kappa shape index (κ2) is 9.74. The summed E-state index contributed by atoms with van der Waals surface area (Å²) in [7, 11) is 0. The monoisotopic (exact) mass is 459 g/mol. The van der Waals surface area contributed by atoms with Gasteiger partial charge >= 0.3 is 0 Å². The molecule has 2 heterocycles. The molecule has 0 aliphatic carbocycles. The molecule has 174 valence electrons. The van der Waals surface area contributed by atoms with Crippen LogP contribution in [0.15, 0.2) is 71.3 Å². The minimum atomic E-state index is -0.742. The minimum absolute atomic E-state index is 0.0152. The number of nitrogens with one attached hydrogen (secondary N) is 1. The molecule has 1 aliphatic rings. The SMILES string of the molecule is CCCN(C(=O)c1ccc2c(c1)C(=O)N(Cc1ccco1)C2=O)C(C)C(=O)Nc1ccccc1. The molecule has 2 aromatic carbocycles. The summed E-state index contributed by atoms with van der Waals surface area (Å²) in [5.74, 6) is -1.13. The summed E-state index contributed by atoms with van der Waals surface area (Å²) in [6.45, 7) is 3.95. The third-order valence-corrected chi connectivity index (χ3v) is 5.73. The van der Waals surface area contributed by atoms with E-state index < -0.39 is 17.9 Å². The molecule has 8 heteroatoms. The number of carbonyl (C=O) groups is 4. The predicted octanol–water partition coefficient (Wildman–Crippen LogP) is 3.96. The lowest BCUT2D eigenvalue weighted by Gasteiger charge is -2.28. The van der Waals surface area contributed by atoms with Crippen molar-refractivity contribution in [1.29, 1.82) is 0 Å². The average Bonchev–Trinajstić information content (AvgIpc) is 3.45. The zero-order valence-corrected chi connectivity index (χ0v) is 19.0. The molecule has 0 radical (unpaired) electrons. The number of hydrogen-bond acceptors (Lipinski definition) is 5. The number of fused-ring (bicyclic) bond motifs is 1. The third-order valence-electron chi connectivity index (χ3n) is 5.73. The van der Waals surface area contributed by atoms with Crippen LogP contribution < -0.4 is 5.32 Å². The molecule has 3 aromatic rings. The van der Waals surface area contributed by atoms with Crippen molar-refractivity contribution >= 4 is 29.3 Å². The Morgan fingerprint density at radius 2 is 1.74 bits per heavy atom. The highest BCUT2D eigenvalue weighted by Crippen LogP contribution is 2.26. The van der Waals surface area contributed by atoms with Gasteiger partial charge in [0.2, 0.25) is 5.91 Å². The molecular weight excluding hydrogens is 434 g/mol. The van der Waals surface area contributed by atoms with Crippen LogP contribution in [-0.2, 0) is 11.3 Å². The van der Waals surface area contributed by atoms with E-state index in [1.54, 1.807) is 31.2 Å². The molecule has 1 unspecified atom stereocenters. The van der Waals surface area contributed by atoms with E-state index in [0.29, 0.717) is 24.4 Å². The first-order valence-electron chi connectivity index (χ1n) is 11.1. The van der Waals surface area contributed by atoms with E-state index in [2.05, 4.69) is 5.32 Å². The van der Waals surface area contributed by atoms with Gasteiger partial charge in [-0.2, -0.15) is 0 Å². The van der Waals surface area contributed by atoms with Crippen molar-refractivity contribution in [2.24, 2.45) is 0 Å². The zero-order valence-electron chi connectivity index (χ0n) is 19.0. The van der Waals surface area contributed by atoms with E-state index in [1.807, 2.05) is 25.1 Å². The lowest BCUT2D eigenvalue weighted by atomic mass is 10.0.